The van der Waals surface area contributed by atoms with E-state index < -0.39 is 17.0 Å². The van der Waals surface area contributed by atoms with Gasteiger partial charge in [-0.3, -0.25) is 4.79 Å². The molecule has 0 bridgehead atoms. The van der Waals surface area contributed by atoms with Crippen molar-refractivity contribution >= 4 is 0 Å². The SMILES string of the molecule is Cc1c[nH]c(=O)c(C(C)(F)F)c1. The summed E-state index contributed by atoms with van der Waals surface area (Å²) in [5.74, 6) is -3.07. The van der Waals surface area contributed by atoms with Gasteiger partial charge in [0.15, 0.2) is 0 Å². The summed E-state index contributed by atoms with van der Waals surface area (Å²) in [6, 6.07) is 1.19. The Kier molecular flexibility index (Phi) is 2.00. The van der Waals surface area contributed by atoms with Crippen molar-refractivity contribution in [3.05, 3.63) is 33.7 Å². The second-order valence-corrected chi connectivity index (χ2v) is 2.81. The highest BCUT2D eigenvalue weighted by molar-refractivity contribution is 5.20. The van der Waals surface area contributed by atoms with Crippen LogP contribution in [0.1, 0.15) is 18.1 Å². The van der Waals surface area contributed by atoms with Gasteiger partial charge in [0, 0.05) is 13.1 Å². The number of alkyl halides is 2. The standard InChI is InChI=1S/C8H9F2NO/c1-5-3-6(8(2,9)10)7(12)11-4-5/h3-4H,1-2H3,(H,11,12). The lowest BCUT2D eigenvalue weighted by Gasteiger charge is -2.08. The second kappa shape index (κ2) is 2.69. The van der Waals surface area contributed by atoms with E-state index in [0.29, 0.717) is 12.5 Å². The fraction of sp³-hybridized carbons (Fsp3) is 0.375. The van der Waals surface area contributed by atoms with Crippen molar-refractivity contribution in [2.45, 2.75) is 19.8 Å². The Labute approximate surface area is 68.2 Å². The number of pyridine rings is 1. The number of hydrogen-bond donors (Lipinski definition) is 1. The van der Waals surface area contributed by atoms with E-state index in [1.165, 1.54) is 12.3 Å². The van der Waals surface area contributed by atoms with Crippen LogP contribution in [-0.2, 0) is 5.92 Å². The molecular weight excluding hydrogens is 164 g/mol. The zero-order valence-electron chi connectivity index (χ0n) is 6.82. The summed E-state index contributed by atoms with van der Waals surface area (Å²) in [7, 11) is 0. The van der Waals surface area contributed by atoms with Crippen LogP contribution in [0.3, 0.4) is 0 Å². The molecule has 0 aliphatic carbocycles. The Bertz CT molecular complexity index is 338. The first-order valence-electron chi connectivity index (χ1n) is 3.49. The maximum absolute atomic E-state index is 12.7. The van der Waals surface area contributed by atoms with Crippen LogP contribution in [0.5, 0.6) is 0 Å². The Morgan fingerprint density at radius 3 is 2.50 bits per heavy atom. The molecule has 0 saturated heterocycles. The number of halogens is 2. The molecule has 66 valence electrons. The van der Waals surface area contributed by atoms with Crippen molar-refractivity contribution < 1.29 is 8.78 Å². The zero-order valence-corrected chi connectivity index (χ0v) is 6.82. The number of hydrogen-bond acceptors (Lipinski definition) is 1. The highest BCUT2D eigenvalue weighted by atomic mass is 19.3. The molecule has 1 aromatic rings. The predicted molar refractivity (Wildman–Crippen MR) is 41.4 cm³/mol. The van der Waals surface area contributed by atoms with E-state index in [-0.39, 0.29) is 0 Å². The van der Waals surface area contributed by atoms with Crippen molar-refractivity contribution in [1.29, 1.82) is 0 Å². The van der Waals surface area contributed by atoms with Gasteiger partial charge in [0.05, 0.1) is 5.56 Å². The second-order valence-electron chi connectivity index (χ2n) is 2.81. The third-order valence-electron chi connectivity index (χ3n) is 1.52. The zero-order chi connectivity index (χ0) is 9.35. The molecule has 0 atom stereocenters. The van der Waals surface area contributed by atoms with Gasteiger partial charge in [-0.1, -0.05) is 0 Å². The van der Waals surface area contributed by atoms with Crippen LogP contribution in [0.4, 0.5) is 8.78 Å². The first kappa shape index (κ1) is 8.90. The number of rotatable bonds is 1. The Balaban J connectivity index is 3.33. The van der Waals surface area contributed by atoms with Gasteiger partial charge in [0.2, 0.25) is 0 Å². The first-order chi connectivity index (χ1) is 5.41. The van der Waals surface area contributed by atoms with E-state index >= 15 is 0 Å². The van der Waals surface area contributed by atoms with Gasteiger partial charge in [0.25, 0.3) is 11.5 Å². The lowest BCUT2D eigenvalue weighted by Crippen LogP contribution is -2.21. The number of aromatic amines is 1. The molecule has 1 heterocycles. The molecule has 0 radical (unpaired) electrons. The molecule has 12 heavy (non-hydrogen) atoms. The molecule has 0 spiro atoms. The van der Waals surface area contributed by atoms with Crippen molar-refractivity contribution in [3.63, 3.8) is 0 Å². The number of nitrogens with one attached hydrogen (secondary N) is 1. The van der Waals surface area contributed by atoms with E-state index in [2.05, 4.69) is 4.98 Å². The largest absolute Gasteiger partial charge is 0.328 e. The van der Waals surface area contributed by atoms with Gasteiger partial charge in [-0.05, 0) is 18.6 Å². The number of H-pyrrole nitrogens is 1. The molecule has 0 aromatic carbocycles. The molecule has 1 rings (SSSR count). The summed E-state index contributed by atoms with van der Waals surface area (Å²) < 4.78 is 25.4. The van der Waals surface area contributed by atoms with Gasteiger partial charge < -0.3 is 4.98 Å². The fourth-order valence-electron chi connectivity index (χ4n) is 0.918. The van der Waals surface area contributed by atoms with Crippen molar-refractivity contribution in [1.82, 2.24) is 4.98 Å². The molecule has 0 unspecified atom stereocenters. The summed E-state index contributed by atoms with van der Waals surface area (Å²) in [5, 5.41) is 0. The average molecular weight is 173 g/mol. The van der Waals surface area contributed by atoms with E-state index in [9.17, 15) is 13.6 Å². The van der Waals surface area contributed by atoms with E-state index in [0.717, 1.165) is 0 Å². The van der Waals surface area contributed by atoms with Crippen LogP contribution >= 0.6 is 0 Å². The summed E-state index contributed by atoms with van der Waals surface area (Å²) in [4.78, 5) is 13.1. The Morgan fingerprint density at radius 2 is 2.08 bits per heavy atom. The van der Waals surface area contributed by atoms with Crippen molar-refractivity contribution in [3.8, 4) is 0 Å². The van der Waals surface area contributed by atoms with E-state index in [1.54, 1.807) is 6.92 Å². The number of aromatic nitrogens is 1. The molecule has 1 aromatic heterocycles. The molecule has 4 heteroatoms. The molecule has 0 aliphatic heterocycles. The van der Waals surface area contributed by atoms with Gasteiger partial charge in [-0.25, -0.2) is 8.78 Å². The highest BCUT2D eigenvalue weighted by Crippen LogP contribution is 2.23. The topological polar surface area (TPSA) is 32.9 Å². The number of aryl methyl sites for hydroxylation is 1. The third-order valence-corrected chi connectivity index (χ3v) is 1.52. The minimum absolute atomic E-state index is 0.484. The molecule has 0 amide bonds. The molecular formula is C8H9F2NO. The summed E-state index contributed by atoms with van der Waals surface area (Å²) in [6.07, 6.45) is 1.40. The maximum atomic E-state index is 12.7. The van der Waals surface area contributed by atoms with Crippen LogP contribution in [0, 0.1) is 6.92 Å². The highest BCUT2D eigenvalue weighted by Gasteiger charge is 2.27. The first-order valence-corrected chi connectivity index (χ1v) is 3.49. The Morgan fingerprint density at radius 1 is 1.50 bits per heavy atom. The summed E-state index contributed by atoms with van der Waals surface area (Å²) >= 11 is 0. The fourth-order valence-corrected chi connectivity index (χ4v) is 0.918. The van der Waals surface area contributed by atoms with Crippen molar-refractivity contribution in [2.24, 2.45) is 0 Å². The average Bonchev–Trinajstić information content (AvgIpc) is 1.92. The lowest BCUT2D eigenvalue weighted by atomic mass is 10.1. The Hall–Kier alpha value is -1.19. The molecule has 2 nitrogen and oxygen atoms in total. The van der Waals surface area contributed by atoms with Gasteiger partial charge in [0.1, 0.15) is 0 Å². The normalized spacial score (nSPS) is 11.7. The van der Waals surface area contributed by atoms with Crippen LogP contribution in [0.25, 0.3) is 0 Å². The summed E-state index contributed by atoms with van der Waals surface area (Å²) in [5.41, 5.74) is -0.596. The van der Waals surface area contributed by atoms with Crippen molar-refractivity contribution in [2.75, 3.05) is 0 Å². The lowest BCUT2D eigenvalue weighted by molar-refractivity contribution is 0.0159. The van der Waals surface area contributed by atoms with Gasteiger partial charge in [-0.2, -0.15) is 0 Å². The van der Waals surface area contributed by atoms with Crippen LogP contribution in [0.2, 0.25) is 0 Å². The molecule has 0 saturated carbocycles. The summed E-state index contributed by atoms with van der Waals surface area (Å²) in [6.45, 7) is 2.35. The molecule has 0 fully saturated rings. The van der Waals surface area contributed by atoms with Gasteiger partial charge >= 0.3 is 0 Å². The maximum Gasteiger partial charge on any atom is 0.275 e. The van der Waals surface area contributed by atoms with E-state index in [4.69, 9.17) is 0 Å². The van der Waals surface area contributed by atoms with Crippen LogP contribution in [-0.4, -0.2) is 4.98 Å². The monoisotopic (exact) mass is 173 g/mol. The predicted octanol–water partition coefficient (Wildman–Crippen LogP) is 1.80. The molecule has 1 N–H and O–H groups in total. The van der Waals surface area contributed by atoms with Crippen LogP contribution in [0.15, 0.2) is 17.1 Å². The van der Waals surface area contributed by atoms with Gasteiger partial charge in [-0.15, -0.1) is 0 Å². The third kappa shape index (κ3) is 1.69. The minimum Gasteiger partial charge on any atom is -0.328 e. The van der Waals surface area contributed by atoms with E-state index in [1.807, 2.05) is 0 Å². The van der Waals surface area contributed by atoms with Crippen LogP contribution < -0.4 is 5.56 Å². The quantitative estimate of drug-likeness (QED) is 0.690. The smallest absolute Gasteiger partial charge is 0.275 e. The minimum atomic E-state index is -3.07. The molecule has 0 aliphatic rings.